The summed E-state index contributed by atoms with van der Waals surface area (Å²) in [7, 11) is 0. The molecule has 150 valence electrons. The van der Waals surface area contributed by atoms with Crippen molar-refractivity contribution in [1.29, 1.82) is 0 Å². The van der Waals surface area contributed by atoms with Gasteiger partial charge in [0.05, 0.1) is 6.04 Å². The number of carbonyl (C=O) groups is 1. The summed E-state index contributed by atoms with van der Waals surface area (Å²) in [4.78, 5) is 11.7. The normalized spacial score (nSPS) is 18.2. The number of hydrogen-bond acceptors (Lipinski definition) is 3. The lowest BCUT2D eigenvalue weighted by atomic mass is 9.96. The van der Waals surface area contributed by atoms with Crippen LogP contribution in [0.25, 0.3) is 0 Å². The standard InChI is InChI=1S/C21H22Cl2FNO3/c1-11(2)14-5-12(3-4-20(14)26)6-15-16(22)7-13(8-17(15)23)28-10-21(27)25-19-9-18(19)24/h3-5,7-8,11,18-19,26H,6,9-10H2,1-2H3,(H,25,27). The Morgan fingerprint density at radius 2 is 1.93 bits per heavy atom. The Morgan fingerprint density at radius 3 is 2.50 bits per heavy atom. The molecule has 28 heavy (non-hydrogen) atoms. The maximum absolute atomic E-state index is 12.8. The summed E-state index contributed by atoms with van der Waals surface area (Å²) >= 11 is 12.8. The van der Waals surface area contributed by atoms with Crippen LogP contribution in [0.2, 0.25) is 10.0 Å². The molecule has 0 heterocycles. The van der Waals surface area contributed by atoms with Crippen molar-refractivity contribution in [2.45, 2.75) is 44.8 Å². The molecule has 0 spiro atoms. The lowest BCUT2D eigenvalue weighted by Crippen LogP contribution is -2.31. The van der Waals surface area contributed by atoms with Gasteiger partial charge in [0.25, 0.3) is 5.91 Å². The molecule has 2 unspecified atom stereocenters. The van der Waals surface area contributed by atoms with Gasteiger partial charge in [-0.1, -0.05) is 49.2 Å². The van der Waals surface area contributed by atoms with Crippen LogP contribution in [0.1, 0.15) is 42.9 Å². The van der Waals surface area contributed by atoms with Gasteiger partial charge < -0.3 is 15.2 Å². The molecule has 2 aromatic rings. The zero-order valence-electron chi connectivity index (χ0n) is 15.6. The summed E-state index contributed by atoms with van der Waals surface area (Å²) in [6.45, 7) is 3.79. The fourth-order valence-corrected chi connectivity index (χ4v) is 3.52. The van der Waals surface area contributed by atoms with E-state index in [1.807, 2.05) is 26.0 Å². The third-order valence-corrected chi connectivity index (χ3v) is 5.31. The van der Waals surface area contributed by atoms with Crippen LogP contribution in [0, 0.1) is 0 Å². The predicted octanol–water partition coefficient (Wildman–Crippen LogP) is 5.02. The molecule has 2 N–H and O–H groups in total. The van der Waals surface area contributed by atoms with E-state index in [1.165, 1.54) is 0 Å². The summed E-state index contributed by atoms with van der Waals surface area (Å²) in [5.41, 5.74) is 2.57. The molecule has 0 bridgehead atoms. The van der Waals surface area contributed by atoms with E-state index in [0.717, 1.165) is 16.7 Å². The first-order chi connectivity index (χ1) is 13.2. The lowest BCUT2D eigenvalue weighted by molar-refractivity contribution is -0.123. The highest BCUT2D eigenvalue weighted by Gasteiger charge is 2.38. The molecule has 0 saturated heterocycles. The third kappa shape index (κ3) is 5.09. The summed E-state index contributed by atoms with van der Waals surface area (Å²) < 4.78 is 18.2. The fraction of sp³-hybridized carbons (Fsp3) is 0.381. The quantitative estimate of drug-likeness (QED) is 0.654. The van der Waals surface area contributed by atoms with Crippen LogP contribution in [0.5, 0.6) is 11.5 Å². The molecular weight excluding hydrogens is 404 g/mol. The van der Waals surface area contributed by atoms with Crippen LogP contribution in [0.15, 0.2) is 30.3 Å². The minimum atomic E-state index is -0.955. The molecule has 1 fully saturated rings. The molecule has 0 aromatic heterocycles. The van der Waals surface area contributed by atoms with Crippen LogP contribution >= 0.6 is 23.2 Å². The molecule has 0 radical (unpaired) electrons. The van der Waals surface area contributed by atoms with E-state index in [1.54, 1.807) is 18.2 Å². The van der Waals surface area contributed by atoms with Gasteiger partial charge in [-0.2, -0.15) is 0 Å². The van der Waals surface area contributed by atoms with Gasteiger partial charge in [-0.15, -0.1) is 0 Å². The molecule has 2 aromatic carbocycles. The Balaban J connectivity index is 1.68. The van der Waals surface area contributed by atoms with Gasteiger partial charge in [0, 0.05) is 22.9 Å². The predicted molar refractivity (Wildman–Crippen MR) is 108 cm³/mol. The first kappa shape index (κ1) is 20.7. The van der Waals surface area contributed by atoms with Crippen molar-refractivity contribution >= 4 is 29.1 Å². The van der Waals surface area contributed by atoms with Gasteiger partial charge >= 0.3 is 0 Å². The number of carbonyl (C=O) groups excluding carboxylic acids is 1. The Kier molecular flexibility index (Phi) is 6.36. The molecule has 4 nitrogen and oxygen atoms in total. The van der Waals surface area contributed by atoms with Crippen LogP contribution < -0.4 is 10.1 Å². The van der Waals surface area contributed by atoms with Crippen molar-refractivity contribution in [1.82, 2.24) is 5.32 Å². The monoisotopic (exact) mass is 425 g/mol. The first-order valence-corrected chi connectivity index (χ1v) is 9.86. The van der Waals surface area contributed by atoms with Gasteiger partial charge in [-0.3, -0.25) is 4.79 Å². The molecule has 1 aliphatic carbocycles. The summed E-state index contributed by atoms with van der Waals surface area (Å²) in [5.74, 6) is 0.446. The van der Waals surface area contributed by atoms with Gasteiger partial charge in [0.2, 0.25) is 0 Å². The minimum absolute atomic E-state index is 0.191. The van der Waals surface area contributed by atoms with Gasteiger partial charge in [-0.25, -0.2) is 4.39 Å². The van der Waals surface area contributed by atoms with E-state index in [-0.39, 0.29) is 24.2 Å². The molecule has 1 saturated carbocycles. The third-order valence-electron chi connectivity index (χ3n) is 4.64. The van der Waals surface area contributed by atoms with Crippen LogP contribution in [-0.4, -0.2) is 29.8 Å². The van der Waals surface area contributed by atoms with Gasteiger partial charge in [-0.05, 0) is 40.8 Å². The fourth-order valence-electron chi connectivity index (χ4n) is 2.92. The van der Waals surface area contributed by atoms with Gasteiger partial charge in [0.15, 0.2) is 6.61 Å². The number of phenols is 1. The van der Waals surface area contributed by atoms with E-state index in [9.17, 15) is 14.3 Å². The summed E-state index contributed by atoms with van der Waals surface area (Å²) in [5, 5.41) is 13.4. The number of hydrogen-bond donors (Lipinski definition) is 2. The number of nitrogens with one attached hydrogen (secondary N) is 1. The van der Waals surface area contributed by atoms with Crippen molar-refractivity contribution in [2.24, 2.45) is 0 Å². The van der Waals surface area contributed by atoms with Crippen LogP contribution in [0.4, 0.5) is 4.39 Å². The Bertz CT molecular complexity index is 865. The Labute approximate surface area is 173 Å². The number of halogens is 3. The minimum Gasteiger partial charge on any atom is -0.508 e. The second-order valence-corrected chi connectivity index (χ2v) is 8.12. The maximum Gasteiger partial charge on any atom is 0.258 e. The average Bonchev–Trinajstić information content (AvgIpc) is 3.32. The van der Waals surface area contributed by atoms with E-state index >= 15 is 0 Å². The highest BCUT2D eigenvalue weighted by Crippen LogP contribution is 2.34. The molecule has 3 rings (SSSR count). The summed E-state index contributed by atoms with van der Waals surface area (Å²) in [6, 6.07) is 8.26. The average molecular weight is 426 g/mol. The Morgan fingerprint density at radius 1 is 1.29 bits per heavy atom. The zero-order valence-corrected chi connectivity index (χ0v) is 17.1. The summed E-state index contributed by atoms with van der Waals surface area (Å²) in [6.07, 6.45) is -0.102. The lowest BCUT2D eigenvalue weighted by Gasteiger charge is -2.14. The Hall–Kier alpha value is -1.98. The van der Waals surface area contributed by atoms with Gasteiger partial charge in [0.1, 0.15) is 17.7 Å². The highest BCUT2D eigenvalue weighted by molar-refractivity contribution is 6.36. The second kappa shape index (κ2) is 8.58. The number of rotatable bonds is 7. The smallest absolute Gasteiger partial charge is 0.258 e. The molecule has 2 atom stereocenters. The number of benzene rings is 2. The van der Waals surface area contributed by atoms with Crippen molar-refractivity contribution in [3.63, 3.8) is 0 Å². The van der Waals surface area contributed by atoms with E-state index in [0.29, 0.717) is 28.6 Å². The van der Waals surface area contributed by atoms with Crippen molar-refractivity contribution in [3.05, 3.63) is 57.1 Å². The number of aromatic hydroxyl groups is 1. The largest absolute Gasteiger partial charge is 0.508 e. The number of ether oxygens (including phenoxy) is 1. The molecule has 7 heteroatoms. The van der Waals surface area contributed by atoms with E-state index < -0.39 is 12.2 Å². The van der Waals surface area contributed by atoms with Crippen molar-refractivity contribution in [2.75, 3.05) is 6.61 Å². The van der Waals surface area contributed by atoms with E-state index in [2.05, 4.69) is 5.32 Å². The molecule has 0 aliphatic heterocycles. The highest BCUT2D eigenvalue weighted by atomic mass is 35.5. The van der Waals surface area contributed by atoms with Crippen molar-refractivity contribution in [3.8, 4) is 11.5 Å². The second-order valence-electron chi connectivity index (χ2n) is 7.30. The number of amides is 1. The van der Waals surface area contributed by atoms with Crippen molar-refractivity contribution < 1.29 is 19.0 Å². The first-order valence-electron chi connectivity index (χ1n) is 9.10. The molecular formula is C21H22Cl2FNO3. The molecule has 1 amide bonds. The SMILES string of the molecule is CC(C)c1cc(Cc2c(Cl)cc(OCC(=O)NC3CC3F)cc2Cl)ccc1O. The number of alkyl halides is 1. The van der Waals surface area contributed by atoms with Crippen LogP contribution in [0.3, 0.4) is 0 Å². The topological polar surface area (TPSA) is 58.6 Å². The van der Waals surface area contributed by atoms with Crippen LogP contribution in [-0.2, 0) is 11.2 Å². The van der Waals surface area contributed by atoms with E-state index in [4.69, 9.17) is 27.9 Å². The molecule has 1 aliphatic rings. The zero-order chi connectivity index (χ0) is 20.4. The maximum atomic E-state index is 12.8. The number of phenolic OH excluding ortho intramolecular Hbond substituents is 1.